The Morgan fingerprint density at radius 2 is 1.93 bits per heavy atom. The predicted molar refractivity (Wildman–Crippen MR) is 115 cm³/mol. The van der Waals surface area contributed by atoms with Gasteiger partial charge in [0.2, 0.25) is 0 Å². The minimum atomic E-state index is -2.05. The summed E-state index contributed by atoms with van der Waals surface area (Å²) in [6.45, 7) is 5.89. The highest BCUT2D eigenvalue weighted by atomic mass is 32.2. The maximum Gasteiger partial charge on any atom is 0.340 e. The van der Waals surface area contributed by atoms with Gasteiger partial charge in [0.15, 0.2) is 11.4 Å². The Balaban J connectivity index is 1.86. The molecule has 0 aromatic carbocycles. The number of pyridine rings is 2. The first-order chi connectivity index (χ1) is 13.9. The number of halogens is 1. The molecule has 2 N–H and O–H groups in total. The van der Waals surface area contributed by atoms with Gasteiger partial charge in [-0.3, -0.25) is 9.78 Å². The highest BCUT2D eigenvalue weighted by Crippen LogP contribution is 2.33. The van der Waals surface area contributed by atoms with E-state index in [9.17, 15) is 19.1 Å². The molecule has 0 saturated carbocycles. The van der Waals surface area contributed by atoms with Crippen molar-refractivity contribution in [3.05, 3.63) is 51.5 Å². The van der Waals surface area contributed by atoms with Crippen LogP contribution in [0.5, 0.6) is 0 Å². The van der Waals surface area contributed by atoms with Gasteiger partial charge < -0.3 is 10.2 Å². The van der Waals surface area contributed by atoms with Gasteiger partial charge in [0, 0.05) is 27.7 Å². The van der Waals surface area contributed by atoms with Gasteiger partial charge in [-0.25, -0.2) is 14.2 Å². The number of nitrogens with zero attached hydrogens (tertiary/aromatic N) is 2. The average Bonchev–Trinajstić information content (AvgIpc) is 3.15. The van der Waals surface area contributed by atoms with E-state index in [1.54, 1.807) is 12.1 Å². The SMILES string of the molecule is Cc1cc2ncc(C(C)(C)F)cc2c(SCC(=O)c2ccc(C(C)(O)C(=O)O)s2)n1. The van der Waals surface area contributed by atoms with Crippen LogP contribution in [0.2, 0.25) is 0 Å². The van der Waals surface area contributed by atoms with Crippen LogP contribution in [0.4, 0.5) is 4.39 Å². The fourth-order valence-electron chi connectivity index (χ4n) is 2.71. The number of hydrogen-bond acceptors (Lipinski definition) is 7. The number of thioether (sulfide) groups is 1. The third-order valence-electron chi connectivity index (χ3n) is 4.58. The lowest BCUT2D eigenvalue weighted by Gasteiger charge is -2.15. The van der Waals surface area contributed by atoms with Crippen LogP contribution in [0.1, 0.15) is 46.6 Å². The molecule has 3 aromatic rings. The molecule has 158 valence electrons. The maximum absolute atomic E-state index is 14.4. The summed E-state index contributed by atoms with van der Waals surface area (Å²) in [5.74, 6) is -1.54. The van der Waals surface area contributed by atoms with Crippen molar-refractivity contribution in [2.75, 3.05) is 5.75 Å². The zero-order valence-corrected chi connectivity index (χ0v) is 18.5. The number of aliphatic hydroxyl groups is 1. The van der Waals surface area contributed by atoms with Crippen LogP contribution in [0.15, 0.2) is 35.5 Å². The van der Waals surface area contributed by atoms with E-state index in [2.05, 4.69) is 9.97 Å². The second-order valence-corrected chi connectivity index (χ2v) is 9.63. The molecule has 1 atom stereocenters. The minimum Gasteiger partial charge on any atom is -0.479 e. The monoisotopic (exact) mass is 448 g/mol. The molecule has 0 spiro atoms. The molecule has 6 nitrogen and oxygen atoms in total. The van der Waals surface area contributed by atoms with Crippen molar-refractivity contribution in [2.24, 2.45) is 0 Å². The Labute approximate surface area is 181 Å². The fraction of sp³-hybridized carbons (Fsp3) is 0.333. The van der Waals surface area contributed by atoms with E-state index in [-0.39, 0.29) is 16.4 Å². The van der Waals surface area contributed by atoms with Crippen molar-refractivity contribution < 1.29 is 24.2 Å². The van der Waals surface area contributed by atoms with E-state index >= 15 is 0 Å². The van der Waals surface area contributed by atoms with Gasteiger partial charge >= 0.3 is 5.97 Å². The number of aryl methyl sites for hydroxylation is 1. The molecule has 0 aliphatic carbocycles. The maximum atomic E-state index is 14.4. The van der Waals surface area contributed by atoms with Gasteiger partial charge in [0.1, 0.15) is 10.7 Å². The summed E-state index contributed by atoms with van der Waals surface area (Å²) in [6, 6.07) is 6.45. The summed E-state index contributed by atoms with van der Waals surface area (Å²) in [7, 11) is 0. The predicted octanol–water partition coefficient (Wildman–Crippen LogP) is 4.47. The van der Waals surface area contributed by atoms with Crippen LogP contribution in [-0.2, 0) is 16.1 Å². The number of thiophene rings is 1. The van der Waals surface area contributed by atoms with Crippen molar-refractivity contribution in [1.29, 1.82) is 0 Å². The van der Waals surface area contributed by atoms with E-state index in [1.807, 2.05) is 6.92 Å². The number of Topliss-reactive ketones (excluding diaryl/α,β-unsaturated/α-hetero) is 1. The molecule has 1 unspecified atom stereocenters. The van der Waals surface area contributed by atoms with E-state index in [4.69, 9.17) is 5.11 Å². The van der Waals surface area contributed by atoms with Crippen molar-refractivity contribution in [3.63, 3.8) is 0 Å². The number of aliphatic carboxylic acids is 1. The lowest BCUT2D eigenvalue weighted by Crippen LogP contribution is -2.30. The molecule has 9 heteroatoms. The third-order valence-corrected chi connectivity index (χ3v) is 6.90. The minimum absolute atomic E-state index is 0.0595. The second-order valence-electron chi connectivity index (χ2n) is 7.59. The highest BCUT2D eigenvalue weighted by molar-refractivity contribution is 8.00. The van der Waals surface area contributed by atoms with Crippen LogP contribution in [0, 0.1) is 6.92 Å². The molecule has 0 radical (unpaired) electrons. The first kappa shape index (κ1) is 22.3. The topological polar surface area (TPSA) is 100 Å². The van der Waals surface area contributed by atoms with Crippen LogP contribution >= 0.6 is 23.1 Å². The number of carbonyl (C=O) groups is 2. The number of carboxylic acids is 1. The summed E-state index contributed by atoms with van der Waals surface area (Å²) < 4.78 is 14.4. The zero-order chi connectivity index (χ0) is 22.3. The highest BCUT2D eigenvalue weighted by Gasteiger charge is 2.34. The summed E-state index contributed by atoms with van der Waals surface area (Å²) in [5.41, 5.74) is -1.79. The zero-order valence-electron chi connectivity index (χ0n) is 16.9. The number of rotatable bonds is 7. The molecule has 0 amide bonds. The molecule has 3 rings (SSSR count). The lowest BCUT2D eigenvalue weighted by atomic mass is 10.0. The second kappa shape index (κ2) is 8.05. The number of alkyl halides is 1. The summed E-state index contributed by atoms with van der Waals surface area (Å²) >= 11 is 2.16. The largest absolute Gasteiger partial charge is 0.479 e. The Bertz CT molecular complexity index is 1140. The first-order valence-electron chi connectivity index (χ1n) is 9.08. The Kier molecular flexibility index (Phi) is 5.99. The van der Waals surface area contributed by atoms with Gasteiger partial charge in [0.05, 0.1) is 16.1 Å². The summed E-state index contributed by atoms with van der Waals surface area (Å²) in [4.78, 5) is 33.2. The van der Waals surface area contributed by atoms with E-state index in [1.165, 1.54) is 50.9 Å². The standard InChI is InChI=1S/C21H21FN2O4S2/c1-11-7-14-13(8-12(9-23-14)20(2,3)22)18(24-11)29-10-15(25)16-5-6-17(30-16)21(4,28)19(26)27/h5-9,28H,10H2,1-4H3,(H,26,27). The molecule has 30 heavy (non-hydrogen) atoms. The molecular weight excluding hydrogens is 427 g/mol. The molecule has 0 aliphatic heterocycles. The summed E-state index contributed by atoms with van der Waals surface area (Å²) in [6.07, 6.45) is 1.50. The van der Waals surface area contributed by atoms with Crippen LogP contribution in [0.3, 0.4) is 0 Å². The number of fused-ring (bicyclic) bond motifs is 1. The van der Waals surface area contributed by atoms with Crippen molar-refractivity contribution in [1.82, 2.24) is 9.97 Å². The average molecular weight is 449 g/mol. The normalized spacial score (nSPS) is 13.9. The van der Waals surface area contributed by atoms with E-state index < -0.39 is 17.2 Å². The molecular formula is C21H21FN2O4S2. The smallest absolute Gasteiger partial charge is 0.340 e. The lowest BCUT2D eigenvalue weighted by molar-refractivity contribution is -0.157. The number of hydrogen-bond donors (Lipinski definition) is 2. The molecule has 0 saturated heterocycles. The number of carbonyl (C=O) groups excluding carboxylic acids is 1. The number of ketones is 1. The quantitative estimate of drug-likeness (QED) is 0.406. The summed E-state index contributed by atoms with van der Waals surface area (Å²) in [5, 5.41) is 20.4. The van der Waals surface area contributed by atoms with Gasteiger partial charge in [-0.15, -0.1) is 11.3 Å². The van der Waals surface area contributed by atoms with Crippen molar-refractivity contribution in [2.45, 2.75) is 44.0 Å². The van der Waals surface area contributed by atoms with Gasteiger partial charge in [0.25, 0.3) is 0 Å². The fourth-order valence-corrected chi connectivity index (χ4v) is 4.73. The molecule has 0 fully saturated rings. The van der Waals surface area contributed by atoms with E-state index in [0.29, 0.717) is 26.4 Å². The first-order valence-corrected chi connectivity index (χ1v) is 10.9. The van der Waals surface area contributed by atoms with E-state index in [0.717, 1.165) is 17.0 Å². The van der Waals surface area contributed by atoms with Gasteiger partial charge in [-0.05, 0) is 52.0 Å². The Morgan fingerprint density at radius 1 is 1.23 bits per heavy atom. The third kappa shape index (κ3) is 4.53. The molecule has 0 aliphatic rings. The number of carboxylic acid groups (broad SMARTS) is 1. The van der Waals surface area contributed by atoms with Crippen molar-refractivity contribution in [3.8, 4) is 0 Å². The van der Waals surface area contributed by atoms with Crippen LogP contribution in [0.25, 0.3) is 10.9 Å². The van der Waals surface area contributed by atoms with Gasteiger partial charge in [-0.1, -0.05) is 11.8 Å². The molecule has 3 heterocycles. The Morgan fingerprint density at radius 3 is 2.57 bits per heavy atom. The number of aromatic nitrogens is 2. The Hall–Kier alpha value is -2.36. The van der Waals surface area contributed by atoms with Gasteiger partial charge in [-0.2, -0.15) is 0 Å². The molecule has 3 aromatic heterocycles. The van der Waals surface area contributed by atoms with Crippen LogP contribution in [-0.4, -0.2) is 37.7 Å². The molecule has 0 bridgehead atoms. The van der Waals surface area contributed by atoms with Crippen LogP contribution < -0.4 is 0 Å². The van der Waals surface area contributed by atoms with Crippen molar-refractivity contribution >= 4 is 45.8 Å².